The highest BCUT2D eigenvalue weighted by molar-refractivity contribution is 5.91. The predicted octanol–water partition coefficient (Wildman–Crippen LogP) is 2.23. The third-order valence-corrected chi connectivity index (χ3v) is 2.94. The molecule has 5 heteroatoms. The molecule has 1 aromatic rings. The van der Waals surface area contributed by atoms with E-state index in [1.54, 1.807) is 18.2 Å². The second kappa shape index (κ2) is 5.44. The minimum Gasteiger partial charge on any atom is -0.339 e. The molecule has 0 spiro atoms. The van der Waals surface area contributed by atoms with Crippen LogP contribution in [-0.2, 0) is 4.79 Å². The average molecular weight is 246 g/mol. The Balaban J connectivity index is 1.99. The van der Waals surface area contributed by atoms with Gasteiger partial charge in [0.05, 0.1) is 4.92 Å². The normalized spacial score (nSPS) is 15.2. The molecule has 1 aliphatic heterocycles. The first kappa shape index (κ1) is 12.3. The zero-order chi connectivity index (χ0) is 13.0. The van der Waals surface area contributed by atoms with E-state index in [0.29, 0.717) is 0 Å². The molecule has 18 heavy (non-hydrogen) atoms. The van der Waals surface area contributed by atoms with Crippen molar-refractivity contribution < 1.29 is 9.72 Å². The molecule has 94 valence electrons. The van der Waals surface area contributed by atoms with Gasteiger partial charge in [-0.05, 0) is 36.6 Å². The lowest BCUT2D eigenvalue weighted by atomic mass is 10.2. The van der Waals surface area contributed by atoms with Crippen molar-refractivity contribution in [3.05, 3.63) is 46.0 Å². The third-order valence-electron chi connectivity index (χ3n) is 2.94. The third kappa shape index (κ3) is 2.94. The van der Waals surface area contributed by atoms with Gasteiger partial charge in [-0.3, -0.25) is 14.9 Å². The molecule has 0 atom stereocenters. The maximum atomic E-state index is 11.7. The number of rotatable bonds is 3. The molecule has 2 rings (SSSR count). The fourth-order valence-corrected chi connectivity index (χ4v) is 1.92. The van der Waals surface area contributed by atoms with Gasteiger partial charge in [0, 0.05) is 31.3 Å². The van der Waals surface area contributed by atoms with Gasteiger partial charge in [0.15, 0.2) is 0 Å². The molecular formula is C13H14N2O3. The summed E-state index contributed by atoms with van der Waals surface area (Å²) in [5.41, 5.74) is 0.839. The van der Waals surface area contributed by atoms with Crippen molar-refractivity contribution in [2.24, 2.45) is 0 Å². The maximum Gasteiger partial charge on any atom is 0.269 e. The second-order valence-electron chi connectivity index (χ2n) is 4.21. The SMILES string of the molecule is O=C(/C=C/c1ccc([N+](=O)[O-])cc1)N1CCCC1. The fraction of sp³-hybridized carbons (Fsp3) is 0.308. The fourth-order valence-electron chi connectivity index (χ4n) is 1.92. The Morgan fingerprint density at radius 1 is 1.22 bits per heavy atom. The van der Waals surface area contributed by atoms with E-state index in [1.807, 2.05) is 4.90 Å². The average Bonchev–Trinajstić information content (AvgIpc) is 2.90. The standard InChI is InChI=1S/C13H14N2O3/c16-13(14-9-1-2-10-14)8-5-11-3-6-12(7-4-11)15(17)18/h3-8H,1-2,9-10H2/b8-5+. The Morgan fingerprint density at radius 2 is 1.83 bits per heavy atom. The summed E-state index contributed by atoms with van der Waals surface area (Å²) in [7, 11) is 0. The van der Waals surface area contributed by atoms with Crippen LogP contribution in [0.15, 0.2) is 30.3 Å². The largest absolute Gasteiger partial charge is 0.339 e. The van der Waals surface area contributed by atoms with E-state index in [0.717, 1.165) is 31.5 Å². The van der Waals surface area contributed by atoms with E-state index in [9.17, 15) is 14.9 Å². The van der Waals surface area contributed by atoms with Crippen LogP contribution in [0, 0.1) is 10.1 Å². The van der Waals surface area contributed by atoms with Crippen LogP contribution in [0.5, 0.6) is 0 Å². The molecule has 1 saturated heterocycles. The molecule has 1 fully saturated rings. The first-order valence-corrected chi connectivity index (χ1v) is 5.88. The smallest absolute Gasteiger partial charge is 0.269 e. The van der Waals surface area contributed by atoms with E-state index in [-0.39, 0.29) is 11.6 Å². The van der Waals surface area contributed by atoms with Crippen molar-refractivity contribution in [1.29, 1.82) is 0 Å². The number of nitro benzene ring substituents is 1. The van der Waals surface area contributed by atoms with Gasteiger partial charge in [0.2, 0.25) is 5.91 Å². The van der Waals surface area contributed by atoms with Gasteiger partial charge in [0.1, 0.15) is 0 Å². The Morgan fingerprint density at radius 3 is 2.39 bits per heavy atom. The molecule has 1 heterocycles. The number of likely N-dealkylation sites (tertiary alicyclic amines) is 1. The zero-order valence-electron chi connectivity index (χ0n) is 9.91. The molecule has 0 unspecified atom stereocenters. The molecule has 0 aromatic heterocycles. The van der Waals surface area contributed by atoms with Crippen LogP contribution in [0.3, 0.4) is 0 Å². The van der Waals surface area contributed by atoms with E-state index >= 15 is 0 Å². The van der Waals surface area contributed by atoms with Crippen LogP contribution in [-0.4, -0.2) is 28.8 Å². The second-order valence-corrected chi connectivity index (χ2v) is 4.21. The summed E-state index contributed by atoms with van der Waals surface area (Å²) in [5.74, 6) is 0.00542. The number of benzene rings is 1. The highest BCUT2D eigenvalue weighted by Gasteiger charge is 2.14. The number of non-ortho nitro benzene ring substituents is 1. The van der Waals surface area contributed by atoms with Crippen molar-refractivity contribution >= 4 is 17.7 Å². The summed E-state index contributed by atoms with van der Waals surface area (Å²) in [6, 6.07) is 6.12. The Kier molecular flexibility index (Phi) is 3.72. The van der Waals surface area contributed by atoms with Gasteiger partial charge in [-0.2, -0.15) is 0 Å². The summed E-state index contributed by atoms with van der Waals surface area (Å²) in [6.45, 7) is 1.65. The minimum atomic E-state index is -0.442. The van der Waals surface area contributed by atoms with Gasteiger partial charge >= 0.3 is 0 Å². The lowest BCUT2D eigenvalue weighted by molar-refractivity contribution is -0.384. The molecule has 1 amide bonds. The first-order valence-electron chi connectivity index (χ1n) is 5.88. The van der Waals surface area contributed by atoms with Crippen LogP contribution in [0.2, 0.25) is 0 Å². The summed E-state index contributed by atoms with van der Waals surface area (Å²) >= 11 is 0. The number of amides is 1. The maximum absolute atomic E-state index is 11.7. The molecule has 0 saturated carbocycles. The van der Waals surface area contributed by atoms with Gasteiger partial charge < -0.3 is 4.90 Å². The Labute approximate surface area is 105 Å². The van der Waals surface area contributed by atoms with E-state index in [1.165, 1.54) is 18.2 Å². The summed E-state index contributed by atoms with van der Waals surface area (Å²) < 4.78 is 0. The van der Waals surface area contributed by atoms with Crippen LogP contribution < -0.4 is 0 Å². The number of hydrogen-bond acceptors (Lipinski definition) is 3. The summed E-state index contributed by atoms with van der Waals surface area (Å²) in [4.78, 5) is 23.6. The van der Waals surface area contributed by atoms with Crippen molar-refractivity contribution in [2.75, 3.05) is 13.1 Å². The predicted molar refractivity (Wildman–Crippen MR) is 67.9 cm³/mol. The number of nitro groups is 1. The number of carbonyl (C=O) groups excluding carboxylic acids is 1. The van der Waals surface area contributed by atoms with Crippen molar-refractivity contribution in [1.82, 2.24) is 4.90 Å². The molecule has 1 aromatic carbocycles. The van der Waals surface area contributed by atoms with Gasteiger partial charge in [-0.1, -0.05) is 0 Å². The van der Waals surface area contributed by atoms with E-state index < -0.39 is 4.92 Å². The van der Waals surface area contributed by atoms with E-state index in [4.69, 9.17) is 0 Å². The van der Waals surface area contributed by atoms with Crippen LogP contribution in [0.25, 0.3) is 6.08 Å². The number of hydrogen-bond donors (Lipinski definition) is 0. The Hall–Kier alpha value is -2.17. The lowest BCUT2D eigenvalue weighted by Gasteiger charge is -2.11. The summed E-state index contributed by atoms with van der Waals surface area (Å²) in [6.07, 6.45) is 5.34. The van der Waals surface area contributed by atoms with Crippen LogP contribution in [0.4, 0.5) is 5.69 Å². The quantitative estimate of drug-likeness (QED) is 0.466. The molecule has 0 aliphatic carbocycles. The molecular weight excluding hydrogens is 232 g/mol. The van der Waals surface area contributed by atoms with Gasteiger partial charge in [-0.15, -0.1) is 0 Å². The monoisotopic (exact) mass is 246 g/mol. The van der Waals surface area contributed by atoms with Crippen LogP contribution in [0.1, 0.15) is 18.4 Å². The molecule has 0 bridgehead atoms. The van der Waals surface area contributed by atoms with Gasteiger partial charge in [0.25, 0.3) is 5.69 Å². The van der Waals surface area contributed by atoms with Gasteiger partial charge in [-0.25, -0.2) is 0 Å². The molecule has 0 N–H and O–H groups in total. The lowest BCUT2D eigenvalue weighted by Crippen LogP contribution is -2.25. The first-order chi connectivity index (χ1) is 8.66. The minimum absolute atomic E-state index is 0.00542. The molecule has 1 aliphatic rings. The van der Waals surface area contributed by atoms with Crippen LogP contribution >= 0.6 is 0 Å². The highest BCUT2D eigenvalue weighted by Crippen LogP contribution is 2.13. The number of nitrogens with zero attached hydrogens (tertiary/aromatic N) is 2. The zero-order valence-corrected chi connectivity index (χ0v) is 9.91. The molecule has 5 nitrogen and oxygen atoms in total. The van der Waals surface area contributed by atoms with Crippen molar-refractivity contribution in [3.63, 3.8) is 0 Å². The summed E-state index contributed by atoms with van der Waals surface area (Å²) in [5, 5.41) is 10.5. The molecule has 0 radical (unpaired) electrons. The van der Waals surface area contributed by atoms with E-state index in [2.05, 4.69) is 0 Å². The van der Waals surface area contributed by atoms with Crippen molar-refractivity contribution in [2.45, 2.75) is 12.8 Å². The highest BCUT2D eigenvalue weighted by atomic mass is 16.6. The topological polar surface area (TPSA) is 63.4 Å². The van der Waals surface area contributed by atoms with Crippen molar-refractivity contribution in [3.8, 4) is 0 Å². The number of carbonyl (C=O) groups is 1. The Bertz CT molecular complexity index is 474.